The van der Waals surface area contributed by atoms with Crippen molar-refractivity contribution in [1.29, 1.82) is 0 Å². The topological polar surface area (TPSA) is 66.5 Å². The molecule has 1 saturated carbocycles. The highest BCUT2D eigenvalue weighted by Gasteiger charge is 2.38. The van der Waals surface area contributed by atoms with Crippen LogP contribution in [-0.4, -0.2) is 30.2 Å². The molecule has 1 fully saturated rings. The van der Waals surface area contributed by atoms with E-state index in [9.17, 15) is 14.4 Å². The van der Waals surface area contributed by atoms with Crippen molar-refractivity contribution in [3.8, 4) is 0 Å². The second kappa shape index (κ2) is 4.44. The van der Waals surface area contributed by atoms with E-state index in [0.29, 0.717) is 11.3 Å². The lowest BCUT2D eigenvalue weighted by Crippen LogP contribution is -2.40. The van der Waals surface area contributed by atoms with Gasteiger partial charge in [0.05, 0.1) is 11.3 Å². The minimum absolute atomic E-state index is 0.0863. The monoisotopic (exact) mass is 272 g/mol. The molecular weight excluding hydrogens is 256 g/mol. The number of rotatable bonds is 3. The molecule has 0 aromatic heterocycles. The summed E-state index contributed by atoms with van der Waals surface area (Å²) in [6.07, 6.45) is 1.99. The van der Waals surface area contributed by atoms with Crippen molar-refractivity contribution in [2.45, 2.75) is 32.7 Å². The molecule has 20 heavy (non-hydrogen) atoms. The summed E-state index contributed by atoms with van der Waals surface area (Å²) in [6.45, 7) is 3.63. The molecule has 1 N–H and O–H groups in total. The fraction of sp³-hybridized carbons (Fsp3) is 0.400. The third kappa shape index (κ3) is 2.09. The molecule has 5 heteroatoms. The van der Waals surface area contributed by atoms with E-state index in [-0.39, 0.29) is 18.5 Å². The van der Waals surface area contributed by atoms with E-state index < -0.39 is 11.7 Å². The van der Waals surface area contributed by atoms with Gasteiger partial charge in [-0.2, -0.15) is 0 Å². The van der Waals surface area contributed by atoms with E-state index in [1.54, 1.807) is 6.07 Å². The van der Waals surface area contributed by atoms with E-state index in [4.69, 9.17) is 0 Å². The summed E-state index contributed by atoms with van der Waals surface area (Å²) in [7, 11) is 0. The Labute approximate surface area is 116 Å². The Hall–Kier alpha value is -2.17. The summed E-state index contributed by atoms with van der Waals surface area (Å²) < 4.78 is 0. The molecule has 0 spiro atoms. The van der Waals surface area contributed by atoms with Gasteiger partial charge in [-0.1, -0.05) is 6.07 Å². The molecule has 1 aliphatic heterocycles. The van der Waals surface area contributed by atoms with Crippen LogP contribution in [0.5, 0.6) is 0 Å². The summed E-state index contributed by atoms with van der Waals surface area (Å²) in [4.78, 5) is 37.2. The van der Waals surface area contributed by atoms with E-state index in [1.807, 2.05) is 19.9 Å². The molecule has 1 aromatic carbocycles. The molecule has 1 heterocycles. The molecule has 1 aliphatic carbocycles. The number of fused-ring (bicyclic) bond motifs is 1. The zero-order chi connectivity index (χ0) is 14.4. The summed E-state index contributed by atoms with van der Waals surface area (Å²) in [5, 5.41) is 2.83. The highest BCUT2D eigenvalue weighted by atomic mass is 16.2. The first-order valence-corrected chi connectivity index (χ1v) is 6.74. The Morgan fingerprint density at radius 1 is 1.30 bits per heavy atom. The van der Waals surface area contributed by atoms with Crippen LogP contribution in [-0.2, 0) is 9.59 Å². The van der Waals surface area contributed by atoms with Crippen LogP contribution in [0.25, 0.3) is 0 Å². The number of hydrogen-bond acceptors (Lipinski definition) is 3. The molecule has 0 bridgehead atoms. The lowest BCUT2D eigenvalue weighted by atomic mass is 10.0. The number of carbonyl (C=O) groups excluding carboxylic acids is 3. The van der Waals surface area contributed by atoms with Crippen molar-refractivity contribution in [3.05, 3.63) is 28.8 Å². The number of ketones is 1. The number of hydrogen-bond donors (Lipinski definition) is 1. The van der Waals surface area contributed by atoms with Crippen molar-refractivity contribution in [2.75, 3.05) is 11.4 Å². The second-order valence-corrected chi connectivity index (χ2v) is 5.54. The average Bonchev–Trinajstić information content (AvgIpc) is 3.13. The highest BCUT2D eigenvalue weighted by Crippen LogP contribution is 2.32. The first kappa shape index (κ1) is 12.8. The van der Waals surface area contributed by atoms with Gasteiger partial charge >= 0.3 is 0 Å². The van der Waals surface area contributed by atoms with Crippen molar-refractivity contribution in [3.63, 3.8) is 0 Å². The van der Waals surface area contributed by atoms with Crippen molar-refractivity contribution in [2.24, 2.45) is 0 Å². The Morgan fingerprint density at radius 3 is 2.65 bits per heavy atom. The third-order valence-corrected chi connectivity index (χ3v) is 3.66. The van der Waals surface area contributed by atoms with Gasteiger partial charge in [0.15, 0.2) is 0 Å². The zero-order valence-corrected chi connectivity index (χ0v) is 11.5. The van der Waals surface area contributed by atoms with Gasteiger partial charge in [-0.05, 0) is 43.9 Å². The largest absolute Gasteiger partial charge is 0.352 e. The number of carbonyl (C=O) groups is 3. The molecular formula is C15H16N2O3. The van der Waals surface area contributed by atoms with E-state index >= 15 is 0 Å². The summed E-state index contributed by atoms with van der Waals surface area (Å²) in [6, 6.07) is 3.91. The summed E-state index contributed by atoms with van der Waals surface area (Å²) >= 11 is 0. The number of anilines is 1. The fourth-order valence-corrected chi connectivity index (χ4v) is 2.59. The Morgan fingerprint density at radius 2 is 2.00 bits per heavy atom. The van der Waals surface area contributed by atoms with E-state index in [2.05, 4.69) is 5.32 Å². The van der Waals surface area contributed by atoms with Gasteiger partial charge in [-0.3, -0.25) is 19.3 Å². The highest BCUT2D eigenvalue weighted by molar-refractivity contribution is 6.53. The maximum atomic E-state index is 12.1. The van der Waals surface area contributed by atoms with Crippen LogP contribution in [0, 0.1) is 13.8 Å². The molecule has 1 aromatic rings. The lowest BCUT2D eigenvalue weighted by Gasteiger charge is -2.16. The average molecular weight is 272 g/mol. The van der Waals surface area contributed by atoms with Crippen LogP contribution in [0.3, 0.4) is 0 Å². The van der Waals surface area contributed by atoms with Crippen molar-refractivity contribution in [1.82, 2.24) is 5.32 Å². The van der Waals surface area contributed by atoms with Crippen LogP contribution in [0.2, 0.25) is 0 Å². The SMILES string of the molecule is Cc1cc(C)c2c(c1)N(CC(=O)NC1CC1)C(=O)C2=O. The predicted molar refractivity (Wildman–Crippen MR) is 73.8 cm³/mol. The molecule has 3 rings (SSSR count). The number of amides is 2. The van der Waals surface area contributed by atoms with Gasteiger partial charge in [0.25, 0.3) is 11.7 Å². The first-order chi connectivity index (χ1) is 9.47. The maximum Gasteiger partial charge on any atom is 0.299 e. The number of nitrogens with zero attached hydrogens (tertiary/aromatic N) is 1. The van der Waals surface area contributed by atoms with Gasteiger partial charge in [-0.15, -0.1) is 0 Å². The van der Waals surface area contributed by atoms with E-state index in [0.717, 1.165) is 24.0 Å². The fourth-order valence-electron chi connectivity index (χ4n) is 2.59. The minimum atomic E-state index is -0.611. The number of nitrogens with one attached hydrogen (secondary N) is 1. The molecule has 0 atom stereocenters. The first-order valence-electron chi connectivity index (χ1n) is 6.74. The third-order valence-electron chi connectivity index (χ3n) is 3.66. The zero-order valence-electron chi connectivity index (χ0n) is 11.5. The number of aryl methyl sites for hydroxylation is 2. The number of Topliss-reactive ketones (excluding diaryl/α,β-unsaturated/α-hetero) is 1. The van der Waals surface area contributed by atoms with E-state index in [1.165, 1.54) is 4.90 Å². The number of benzene rings is 1. The smallest absolute Gasteiger partial charge is 0.299 e. The molecule has 0 saturated heterocycles. The standard InChI is InChI=1S/C15H16N2O3/c1-8-5-9(2)13-11(6-8)17(15(20)14(13)19)7-12(18)16-10-3-4-10/h5-6,10H,3-4,7H2,1-2H3,(H,16,18). The predicted octanol–water partition coefficient (Wildman–Crippen LogP) is 1.11. The molecule has 104 valence electrons. The lowest BCUT2D eigenvalue weighted by molar-refractivity contribution is -0.122. The Bertz CT molecular complexity index is 632. The molecule has 2 aliphatic rings. The maximum absolute atomic E-state index is 12.1. The molecule has 5 nitrogen and oxygen atoms in total. The van der Waals surface area contributed by atoms with Crippen LogP contribution >= 0.6 is 0 Å². The quantitative estimate of drug-likeness (QED) is 0.838. The van der Waals surface area contributed by atoms with Crippen LogP contribution in [0.15, 0.2) is 12.1 Å². The second-order valence-electron chi connectivity index (χ2n) is 5.54. The Kier molecular flexibility index (Phi) is 2.85. The van der Waals surface area contributed by atoms with Gasteiger partial charge in [0, 0.05) is 6.04 Å². The van der Waals surface area contributed by atoms with Gasteiger partial charge in [0.2, 0.25) is 5.91 Å². The minimum Gasteiger partial charge on any atom is -0.352 e. The Balaban J connectivity index is 1.90. The van der Waals surface area contributed by atoms with Crippen molar-refractivity contribution >= 4 is 23.3 Å². The van der Waals surface area contributed by atoms with Gasteiger partial charge < -0.3 is 5.32 Å². The van der Waals surface area contributed by atoms with Crippen LogP contribution in [0.1, 0.15) is 34.3 Å². The van der Waals surface area contributed by atoms with Crippen LogP contribution in [0.4, 0.5) is 5.69 Å². The van der Waals surface area contributed by atoms with Gasteiger partial charge in [0.1, 0.15) is 6.54 Å². The summed E-state index contributed by atoms with van der Waals surface area (Å²) in [5.74, 6) is -1.34. The molecule has 0 radical (unpaired) electrons. The molecule has 0 unspecified atom stereocenters. The normalized spacial score (nSPS) is 17.4. The van der Waals surface area contributed by atoms with Crippen molar-refractivity contribution < 1.29 is 14.4 Å². The van der Waals surface area contributed by atoms with Crippen LogP contribution < -0.4 is 10.2 Å². The summed E-state index contributed by atoms with van der Waals surface area (Å²) in [5.41, 5.74) is 2.74. The molecule has 2 amide bonds. The van der Waals surface area contributed by atoms with Gasteiger partial charge in [-0.25, -0.2) is 0 Å².